The van der Waals surface area contributed by atoms with Crippen molar-refractivity contribution in [3.05, 3.63) is 17.0 Å². The molecule has 3 rings (SSSR count). The second-order valence-corrected chi connectivity index (χ2v) is 5.90. The summed E-state index contributed by atoms with van der Waals surface area (Å²) in [6.45, 7) is 6.89. The Labute approximate surface area is 113 Å². The number of aromatic nitrogens is 2. The van der Waals surface area contributed by atoms with Crippen molar-refractivity contribution in [2.75, 3.05) is 19.6 Å². The van der Waals surface area contributed by atoms with Gasteiger partial charge in [-0.2, -0.15) is 5.10 Å². The third-order valence-electron chi connectivity index (χ3n) is 4.29. The number of aromatic amines is 1. The molecule has 5 heteroatoms. The van der Waals surface area contributed by atoms with Crippen molar-refractivity contribution in [1.82, 2.24) is 20.4 Å². The monoisotopic (exact) mass is 262 g/mol. The van der Waals surface area contributed by atoms with Gasteiger partial charge in [0.1, 0.15) is 0 Å². The molecule has 2 fully saturated rings. The molecule has 1 aromatic rings. The molecule has 2 aliphatic rings. The molecular formula is C14H22N4O. The fraction of sp³-hybridized carbons (Fsp3) is 0.714. The molecule has 1 aliphatic carbocycles. The lowest BCUT2D eigenvalue weighted by molar-refractivity contribution is 0.0946. The molecular weight excluding hydrogens is 240 g/mol. The van der Waals surface area contributed by atoms with Gasteiger partial charge >= 0.3 is 0 Å². The van der Waals surface area contributed by atoms with Crippen LogP contribution in [0.15, 0.2) is 0 Å². The summed E-state index contributed by atoms with van der Waals surface area (Å²) in [7, 11) is 0. The van der Waals surface area contributed by atoms with Gasteiger partial charge in [0, 0.05) is 24.8 Å². The van der Waals surface area contributed by atoms with Crippen molar-refractivity contribution >= 4 is 5.91 Å². The molecule has 0 spiro atoms. The highest BCUT2D eigenvalue weighted by molar-refractivity contribution is 5.96. The zero-order valence-corrected chi connectivity index (χ0v) is 11.7. The van der Waals surface area contributed by atoms with Crippen LogP contribution in [0.2, 0.25) is 0 Å². The molecule has 0 bridgehead atoms. The molecule has 5 nitrogen and oxygen atoms in total. The van der Waals surface area contributed by atoms with Crippen molar-refractivity contribution in [1.29, 1.82) is 0 Å². The molecule has 1 saturated carbocycles. The van der Waals surface area contributed by atoms with E-state index >= 15 is 0 Å². The second kappa shape index (κ2) is 4.96. The first kappa shape index (κ1) is 12.7. The number of carbonyl (C=O) groups is 1. The van der Waals surface area contributed by atoms with Crippen molar-refractivity contribution in [2.45, 2.75) is 39.2 Å². The van der Waals surface area contributed by atoms with E-state index in [1.54, 1.807) is 0 Å². The van der Waals surface area contributed by atoms with Gasteiger partial charge < -0.3 is 10.2 Å². The normalized spacial score (nSPS) is 23.8. The summed E-state index contributed by atoms with van der Waals surface area (Å²) >= 11 is 0. The van der Waals surface area contributed by atoms with Gasteiger partial charge in [-0.25, -0.2) is 0 Å². The summed E-state index contributed by atoms with van der Waals surface area (Å²) < 4.78 is 0. The smallest absolute Gasteiger partial charge is 0.255 e. The first-order chi connectivity index (χ1) is 9.15. The van der Waals surface area contributed by atoms with Crippen LogP contribution < -0.4 is 5.32 Å². The van der Waals surface area contributed by atoms with Crippen LogP contribution in [0, 0.1) is 19.8 Å². The van der Waals surface area contributed by atoms with Crippen LogP contribution in [0.25, 0.3) is 0 Å². The number of nitrogens with one attached hydrogen (secondary N) is 2. The Balaban J connectivity index is 1.51. The average Bonchev–Trinajstić information content (AvgIpc) is 3.04. The minimum atomic E-state index is 0.00798. The summed E-state index contributed by atoms with van der Waals surface area (Å²) in [6, 6.07) is 0.846. The van der Waals surface area contributed by atoms with E-state index in [4.69, 9.17) is 0 Å². The van der Waals surface area contributed by atoms with Gasteiger partial charge in [0.25, 0.3) is 5.91 Å². The van der Waals surface area contributed by atoms with Gasteiger partial charge in [0.15, 0.2) is 0 Å². The number of nitrogens with zero attached hydrogens (tertiary/aromatic N) is 2. The minimum absolute atomic E-state index is 0.00798. The van der Waals surface area contributed by atoms with E-state index in [2.05, 4.69) is 20.4 Å². The molecule has 19 heavy (non-hydrogen) atoms. The van der Waals surface area contributed by atoms with Crippen LogP contribution in [0.5, 0.6) is 0 Å². The largest absolute Gasteiger partial charge is 0.352 e. The van der Waals surface area contributed by atoms with Crippen molar-refractivity contribution in [3.63, 3.8) is 0 Å². The standard InChI is InChI=1S/C14H22N4O/c1-9-13(10(2)17-16-9)14(19)15-7-11-5-6-18(8-11)12-3-4-12/h11-12H,3-8H2,1-2H3,(H,15,19)(H,16,17). The molecule has 104 valence electrons. The zero-order valence-electron chi connectivity index (χ0n) is 11.7. The molecule has 1 aromatic heterocycles. The number of carbonyl (C=O) groups excluding carboxylic acids is 1. The predicted molar refractivity (Wildman–Crippen MR) is 73.1 cm³/mol. The van der Waals surface area contributed by atoms with Crippen LogP contribution in [0.4, 0.5) is 0 Å². The Bertz CT molecular complexity index is 458. The Morgan fingerprint density at radius 2 is 2.21 bits per heavy atom. The fourth-order valence-electron chi connectivity index (χ4n) is 3.01. The van der Waals surface area contributed by atoms with Gasteiger partial charge in [-0.3, -0.25) is 9.89 Å². The quantitative estimate of drug-likeness (QED) is 0.858. The lowest BCUT2D eigenvalue weighted by Crippen LogP contribution is -2.32. The number of H-pyrrole nitrogens is 1. The van der Waals surface area contributed by atoms with Crippen LogP contribution >= 0.6 is 0 Å². The van der Waals surface area contributed by atoms with E-state index in [0.29, 0.717) is 11.5 Å². The van der Waals surface area contributed by atoms with Crippen molar-refractivity contribution in [3.8, 4) is 0 Å². The van der Waals surface area contributed by atoms with E-state index in [1.807, 2.05) is 13.8 Å². The van der Waals surface area contributed by atoms with E-state index in [1.165, 1.54) is 25.8 Å². The number of rotatable bonds is 4. The number of aryl methyl sites for hydroxylation is 2. The van der Waals surface area contributed by atoms with Gasteiger partial charge in [-0.15, -0.1) is 0 Å². The highest BCUT2D eigenvalue weighted by Crippen LogP contribution is 2.31. The summed E-state index contributed by atoms with van der Waals surface area (Å²) in [5.74, 6) is 0.616. The second-order valence-electron chi connectivity index (χ2n) is 5.90. The van der Waals surface area contributed by atoms with Gasteiger partial charge in [0.2, 0.25) is 0 Å². The molecule has 1 aliphatic heterocycles. The molecule has 2 heterocycles. The Hall–Kier alpha value is -1.36. The van der Waals surface area contributed by atoms with E-state index in [9.17, 15) is 4.79 Å². The molecule has 1 atom stereocenters. The third-order valence-corrected chi connectivity index (χ3v) is 4.29. The Kier molecular flexibility index (Phi) is 3.31. The predicted octanol–water partition coefficient (Wildman–Crippen LogP) is 1.24. The summed E-state index contributed by atoms with van der Waals surface area (Å²) in [5, 5.41) is 9.99. The lowest BCUT2D eigenvalue weighted by Gasteiger charge is -2.15. The summed E-state index contributed by atoms with van der Waals surface area (Å²) in [6.07, 6.45) is 3.94. The zero-order chi connectivity index (χ0) is 13.4. The first-order valence-electron chi connectivity index (χ1n) is 7.19. The van der Waals surface area contributed by atoms with Gasteiger partial charge in [-0.1, -0.05) is 0 Å². The van der Waals surface area contributed by atoms with E-state index < -0.39 is 0 Å². The average molecular weight is 262 g/mol. The molecule has 2 N–H and O–H groups in total. The number of hydrogen-bond acceptors (Lipinski definition) is 3. The van der Waals surface area contributed by atoms with Crippen LogP contribution in [0.3, 0.4) is 0 Å². The Morgan fingerprint density at radius 1 is 1.42 bits per heavy atom. The highest BCUT2D eigenvalue weighted by Gasteiger charge is 2.34. The number of hydrogen-bond donors (Lipinski definition) is 2. The highest BCUT2D eigenvalue weighted by atomic mass is 16.1. The number of amides is 1. The minimum Gasteiger partial charge on any atom is -0.352 e. The van der Waals surface area contributed by atoms with Crippen molar-refractivity contribution in [2.24, 2.45) is 5.92 Å². The molecule has 0 aromatic carbocycles. The topological polar surface area (TPSA) is 61.0 Å². The lowest BCUT2D eigenvalue weighted by atomic mass is 10.1. The molecule has 1 unspecified atom stereocenters. The SMILES string of the molecule is Cc1n[nH]c(C)c1C(=O)NCC1CCN(C2CC2)C1. The molecule has 1 amide bonds. The third kappa shape index (κ3) is 2.66. The maximum absolute atomic E-state index is 12.1. The Morgan fingerprint density at radius 3 is 2.84 bits per heavy atom. The summed E-state index contributed by atoms with van der Waals surface area (Å²) in [4.78, 5) is 14.7. The summed E-state index contributed by atoms with van der Waals surface area (Å²) in [5.41, 5.74) is 2.33. The number of likely N-dealkylation sites (tertiary alicyclic amines) is 1. The fourth-order valence-corrected chi connectivity index (χ4v) is 3.01. The molecule has 0 radical (unpaired) electrons. The van der Waals surface area contributed by atoms with Gasteiger partial charge in [0.05, 0.1) is 11.3 Å². The van der Waals surface area contributed by atoms with E-state index in [-0.39, 0.29) is 5.91 Å². The van der Waals surface area contributed by atoms with E-state index in [0.717, 1.165) is 30.5 Å². The van der Waals surface area contributed by atoms with Crippen LogP contribution in [-0.2, 0) is 0 Å². The molecule has 1 saturated heterocycles. The van der Waals surface area contributed by atoms with Crippen LogP contribution in [-0.4, -0.2) is 46.7 Å². The van der Waals surface area contributed by atoms with Crippen LogP contribution in [0.1, 0.15) is 41.0 Å². The van der Waals surface area contributed by atoms with Gasteiger partial charge in [-0.05, 0) is 45.6 Å². The maximum Gasteiger partial charge on any atom is 0.255 e. The first-order valence-corrected chi connectivity index (χ1v) is 7.19. The maximum atomic E-state index is 12.1. The van der Waals surface area contributed by atoms with Crippen molar-refractivity contribution < 1.29 is 4.79 Å².